The molecule has 1 saturated carbocycles. The highest BCUT2D eigenvalue weighted by molar-refractivity contribution is 7.89. The maximum absolute atomic E-state index is 15.0. The van der Waals surface area contributed by atoms with Gasteiger partial charge in [0.2, 0.25) is 10.0 Å². The molecule has 3 heterocycles. The van der Waals surface area contributed by atoms with Crippen LogP contribution in [0.5, 0.6) is 0 Å². The summed E-state index contributed by atoms with van der Waals surface area (Å²) in [4.78, 5) is 11.0. The van der Waals surface area contributed by atoms with E-state index in [-0.39, 0.29) is 28.2 Å². The van der Waals surface area contributed by atoms with Crippen molar-refractivity contribution in [1.82, 2.24) is 30.2 Å². The SMILES string of the molecule is Cc1nc(-c2nnc(C(F)F)s2)c2cc(S(=O)(=O)NC3(C)CC3)cc(N3C[C@H](C)N[C@@H](C(C)(C)F)C3)c2n1. The van der Waals surface area contributed by atoms with Crippen molar-refractivity contribution in [2.45, 2.75) is 82.1 Å². The smallest absolute Gasteiger partial charge is 0.291 e. The zero-order chi connectivity index (χ0) is 27.6. The first-order valence-electron chi connectivity index (χ1n) is 12.3. The molecule has 1 aliphatic heterocycles. The highest BCUT2D eigenvalue weighted by Crippen LogP contribution is 2.40. The van der Waals surface area contributed by atoms with Gasteiger partial charge >= 0.3 is 0 Å². The fourth-order valence-electron chi connectivity index (χ4n) is 4.64. The first-order chi connectivity index (χ1) is 17.6. The molecule has 1 aliphatic carbocycles. The highest BCUT2D eigenvalue weighted by Gasteiger charge is 2.42. The molecule has 2 aromatic heterocycles. The Bertz CT molecular complexity index is 1490. The fourth-order valence-corrected chi connectivity index (χ4v) is 6.85. The average Bonchev–Trinajstić information content (AvgIpc) is 3.32. The summed E-state index contributed by atoms with van der Waals surface area (Å²) in [5, 5.41) is 10.8. The number of nitrogens with zero attached hydrogens (tertiary/aromatic N) is 5. The van der Waals surface area contributed by atoms with Gasteiger partial charge in [-0.2, -0.15) is 0 Å². The predicted molar refractivity (Wildman–Crippen MR) is 140 cm³/mol. The van der Waals surface area contributed by atoms with Crippen molar-refractivity contribution >= 4 is 38.0 Å². The van der Waals surface area contributed by atoms with Crippen LogP contribution in [0.3, 0.4) is 0 Å². The van der Waals surface area contributed by atoms with E-state index >= 15 is 4.39 Å². The topological polar surface area (TPSA) is 113 Å². The van der Waals surface area contributed by atoms with E-state index in [2.05, 4.69) is 30.2 Å². The molecular formula is C24H30F3N7O2S2. The monoisotopic (exact) mass is 569 g/mol. The van der Waals surface area contributed by atoms with Crippen molar-refractivity contribution in [2.24, 2.45) is 0 Å². The van der Waals surface area contributed by atoms with E-state index < -0.39 is 38.7 Å². The molecule has 2 N–H and O–H groups in total. The number of hydrogen-bond donors (Lipinski definition) is 2. The number of halogens is 3. The third-order valence-corrected chi connectivity index (χ3v) is 9.49. The van der Waals surface area contributed by atoms with Crippen molar-refractivity contribution in [3.8, 4) is 10.7 Å². The van der Waals surface area contributed by atoms with Gasteiger partial charge in [-0.3, -0.25) is 0 Å². The number of piperazine rings is 1. The van der Waals surface area contributed by atoms with Gasteiger partial charge in [0.15, 0.2) is 10.0 Å². The number of hydrogen-bond acceptors (Lipinski definition) is 9. The second kappa shape index (κ2) is 9.35. The van der Waals surface area contributed by atoms with E-state index in [1.807, 2.05) is 18.7 Å². The van der Waals surface area contributed by atoms with E-state index in [0.717, 1.165) is 12.8 Å². The van der Waals surface area contributed by atoms with Gasteiger partial charge in [-0.1, -0.05) is 11.3 Å². The Balaban J connectivity index is 1.73. The number of sulfonamides is 1. The van der Waals surface area contributed by atoms with Gasteiger partial charge in [0.25, 0.3) is 6.43 Å². The molecule has 2 atom stereocenters. The lowest BCUT2D eigenvalue weighted by Crippen LogP contribution is -2.61. The Morgan fingerprint density at radius 3 is 2.53 bits per heavy atom. The normalized spacial score (nSPS) is 21.9. The van der Waals surface area contributed by atoms with Crippen LogP contribution in [-0.4, -0.2) is 65.0 Å². The van der Waals surface area contributed by atoms with Crippen LogP contribution in [0.4, 0.5) is 18.9 Å². The quantitative estimate of drug-likeness (QED) is 0.437. The Labute approximate surface area is 223 Å². The first kappa shape index (κ1) is 27.2. The van der Waals surface area contributed by atoms with Crippen LogP contribution in [0, 0.1) is 6.92 Å². The molecule has 0 unspecified atom stereocenters. The molecule has 0 spiro atoms. The van der Waals surface area contributed by atoms with Crippen molar-refractivity contribution in [2.75, 3.05) is 18.0 Å². The van der Waals surface area contributed by atoms with Gasteiger partial charge in [-0.15, -0.1) is 10.2 Å². The number of rotatable bonds is 7. The molecule has 206 valence electrons. The van der Waals surface area contributed by atoms with E-state index in [1.165, 1.54) is 19.9 Å². The molecule has 0 radical (unpaired) electrons. The van der Waals surface area contributed by atoms with Crippen LogP contribution < -0.4 is 14.9 Å². The molecule has 1 aromatic carbocycles. The van der Waals surface area contributed by atoms with Crippen LogP contribution in [0.1, 0.15) is 57.8 Å². The maximum atomic E-state index is 15.0. The van der Waals surface area contributed by atoms with Crippen molar-refractivity contribution in [1.29, 1.82) is 0 Å². The van der Waals surface area contributed by atoms with E-state index in [9.17, 15) is 17.2 Å². The minimum atomic E-state index is -3.96. The van der Waals surface area contributed by atoms with Crippen molar-refractivity contribution in [3.05, 3.63) is 23.0 Å². The summed E-state index contributed by atoms with van der Waals surface area (Å²) in [6.07, 6.45) is -1.35. The van der Waals surface area contributed by atoms with Crippen molar-refractivity contribution in [3.63, 3.8) is 0 Å². The van der Waals surface area contributed by atoms with Crippen LogP contribution in [0.25, 0.3) is 21.6 Å². The summed E-state index contributed by atoms with van der Waals surface area (Å²) in [5.74, 6) is 0.354. The molecule has 3 aromatic rings. The van der Waals surface area contributed by atoms with Crippen LogP contribution in [0.15, 0.2) is 17.0 Å². The summed E-state index contributed by atoms with van der Waals surface area (Å²) in [6, 6.07) is 2.39. The summed E-state index contributed by atoms with van der Waals surface area (Å²) in [7, 11) is -3.96. The molecule has 2 fully saturated rings. The average molecular weight is 570 g/mol. The Kier molecular flexibility index (Phi) is 6.68. The van der Waals surface area contributed by atoms with E-state index in [4.69, 9.17) is 0 Å². The summed E-state index contributed by atoms with van der Waals surface area (Å²) in [6.45, 7) is 9.18. The van der Waals surface area contributed by atoms with Crippen LogP contribution in [-0.2, 0) is 10.0 Å². The van der Waals surface area contributed by atoms with Gasteiger partial charge in [-0.05, 0) is 59.6 Å². The third kappa shape index (κ3) is 5.36. The lowest BCUT2D eigenvalue weighted by atomic mass is 9.96. The standard InChI is InChI=1S/C24H30F3N7O2S2/c1-12-10-34(11-17(28-12)23(3,4)27)16-9-14(38(35,36)33-24(5)6-7-24)8-15-18(16)29-13(2)30-19(15)21-31-32-22(37-21)20(25)26/h8-9,12,17,20,28,33H,6-7,10-11H2,1-5H3/t12-,17+/m0/s1. The maximum Gasteiger partial charge on any atom is 0.291 e. The van der Waals surface area contributed by atoms with Crippen LogP contribution in [0.2, 0.25) is 0 Å². The Morgan fingerprint density at radius 1 is 1.21 bits per heavy atom. The van der Waals surface area contributed by atoms with Gasteiger partial charge in [-0.25, -0.2) is 36.3 Å². The number of fused-ring (bicyclic) bond motifs is 1. The van der Waals surface area contributed by atoms with Gasteiger partial charge in [0, 0.05) is 30.1 Å². The zero-order valence-electron chi connectivity index (χ0n) is 21.7. The number of alkyl halides is 3. The number of anilines is 1. The molecular weight excluding hydrogens is 539 g/mol. The van der Waals surface area contributed by atoms with Crippen LogP contribution >= 0.6 is 11.3 Å². The molecule has 14 heteroatoms. The molecule has 1 saturated heterocycles. The van der Waals surface area contributed by atoms with Gasteiger partial charge in [0.05, 0.1) is 22.1 Å². The molecule has 0 bridgehead atoms. The van der Waals surface area contributed by atoms with E-state index in [0.29, 0.717) is 40.3 Å². The fraction of sp³-hybridized carbons (Fsp3) is 0.583. The Morgan fingerprint density at radius 2 is 1.92 bits per heavy atom. The summed E-state index contributed by atoms with van der Waals surface area (Å²) < 4.78 is 71.4. The first-order valence-corrected chi connectivity index (χ1v) is 14.6. The lowest BCUT2D eigenvalue weighted by molar-refractivity contribution is 0.133. The summed E-state index contributed by atoms with van der Waals surface area (Å²) >= 11 is 0.696. The minimum Gasteiger partial charge on any atom is -0.366 e. The molecule has 0 amide bonds. The Hall–Kier alpha value is -2.42. The van der Waals surface area contributed by atoms with Gasteiger partial charge < -0.3 is 10.2 Å². The summed E-state index contributed by atoms with van der Waals surface area (Å²) in [5.41, 5.74) is -0.903. The molecule has 38 heavy (non-hydrogen) atoms. The number of benzene rings is 1. The number of aromatic nitrogens is 4. The number of nitrogens with one attached hydrogen (secondary N) is 2. The van der Waals surface area contributed by atoms with Crippen molar-refractivity contribution < 1.29 is 21.6 Å². The third-order valence-electron chi connectivity index (χ3n) is 6.94. The second-order valence-electron chi connectivity index (χ2n) is 11.0. The number of aryl methyl sites for hydroxylation is 1. The predicted octanol–water partition coefficient (Wildman–Crippen LogP) is 4.14. The van der Waals surface area contributed by atoms with Gasteiger partial charge in [0.1, 0.15) is 17.2 Å². The second-order valence-corrected chi connectivity index (χ2v) is 13.7. The van der Waals surface area contributed by atoms with E-state index in [1.54, 1.807) is 13.0 Å². The minimum absolute atomic E-state index is 0.0114. The molecule has 5 rings (SSSR count). The molecule has 9 nitrogen and oxygen atoms in total. The zero-order valence-corrected chi connectivity index (χ0v) is 23.4. The lowest BCUT2D eigenvalue weighted by Gasteiger charge is -2.43. The highest BCUT2D eigenvalue weighted by atomic mass is 32.2. The molecule has 2 aliphatic rings. The largest absolute Gasteiger partial charge is 0.366 e.